The average Bonchev–Trinajstić information content (AvgIpc) is 3.29. The van der Waals surface area contributed by atoms with Crippen LogP contribution in [-0.4, -0.2) is 54.4 Å². The number of hydrogen-bond acceptors (Lipinski definition) is 8. The number of aromatic nitrogens is 5. The van der Waals surface area contributed by atoms with E-state index < -0.39 is 5.97 Å². The molecule has 0 radical (unpaired) electrons. The SMILES string of the molecule is Cc1ncc(/C=C/c2nn[nH]n2)c(CN[C@@H](CCC(=O)O)COc2ccccc2)c1O. The number of benzene rings is 1. The van der Waals surface area contributed by atoms with E-state index in [-0.39, 0.29) is 24.8 Å². The monoisotopic (exact) mass is 424 g/mol. The number of hydrogen-bond donors (Lipinski definition) is 4. The standard InChI is InChI=1S/C21H24N6O4/c1-14-21(30)18(15(11-22-14)7-9-19-24-26-27-25-19)12-23-16(8-10-20(28)29)13-31-17-5-3-2-4-6-17/h2-7,9,11,16,23,30H,8,10,12-13H2,1H3,(H,28,29)(H,24,25,26,27)/b9-7+/t16-/m0/s1. The molecular weight excluding hydrogens is 400 g/mol. The molecule has 0 bridgehead atoms. The van der Waals surface area contributed by atoms with Gasteiger partial charge in [-0.3, -0.25) is 9.78 Å². The van der Waals surface area contributed by atoms with Crippen molar-refractivity contribution < 1.29 is 19.7 Å². The summed E-state index contributed by atoms with van der Waals surface area (Å²) in [4.78, 5) is 15.3. The highest BCUT2D eigenvalue weighted by Crippen LogP contribution is 2.25. The highest BCUT2D eigenvalue weighted by atomic mass is 16.5. The van der Waals surface area contributed by atoms with Crippen LogP contribution < -0.4 is 10.1 Å². The second-order valence-corrected chi connectivity index (χ2v) is 6.86. The molecule has 0 unspecified atom stereocenters. The number of rotatable bonds is 11. The number of carboxylic acid groups (broad SMARTS) is 1. The van der Waals surface area contributed by atoms with Crippen molar-refractivity contribution in [2.45, 2.75) is 32.4 Å². The Hall–Kier alpha value is -3.79. The predicted octanol–water partition coefficient (Wildman–Crippen LogP) is 2.18. The number of aromatic hydroxyl groups is 1. The average molecular weight is 424 g/mol. The number of pyridine rings is 1. The third-order valence-electron chi connectivity index (χ3n) is 4.62. The zero-order chi connectivity index (χ0) is 22.1. The Morgan fingerprint density at radius 2 is 2.10 bits per heavy atom. The summed E-state index contributed by atoms with van der Waals surface area (Å²) in [5.74, 6) is 0.298. The molecule has 3 rings (SSSR count). The molecule has 4 N–H and O–H groups in total. The number of aryl methyl sites for hydroxylation is 1. The van der Waals surface area contributed by atoms with Gasteiger partial charge in [-0.1, -0.05) is 18.2 Å². The number of aromatic amines is 1. The van der Waals surface area contributed by atoms with Crippen molar-refractivity contribution in [1.29, 1.82) is 0 Å². The van der Waals surface area contributed by atoms with Gasteiger partial charge in [0.05, 0.1) is 5.69 Å². The fraction of sp³-hybridized carbons (Fsp3) is 0.286. The molecule has 31 heavy (non-hydrogen) atoms. The van der Waals surface area contributed by atoms with Gasteiger partial charge in [0.25, 0.3) is 0 Å². The lowest BCUT2D eigenvalue weighted by Gasteiger charge is -2.20. The van der Waals surface area contributed by atoms with E-state index in [1.54, 1.807) is 25.3 Å². The molecule has 10 nitrogen and oxygen atoms in total. The third-order valence-corrected chi connectivity index (χ3v) is 4.62. The molecule has 1 atom stereocenters. The molecule has 0 aliphatic rings. The van der Waals surface area contributed by atoms with Crippen molar-refractivity contribution in [3.63, 3.8) is 0 Å². The van der Waals surface area contributed by atoms with Gasteiger partial charge in [0.2, 0.25) is 0 Å². The quantitative estimate of drug-likeness (QED) is 0.364. The van der Waals surface area contributed by atoms with Gasteiger partial charge in [0.15, 0.2) is 5.82 Å². The smallest absolute Gasteiger partial charge is 0.303 e. The number of aliphatic carboxylic acids is 1. The second kappa shape index (κ2) is 10.8. The van der Waals surface area contributed by atoms with Gasteiger partial charge in [0, 0.05) is 36.3 Å². The highest BCUT2D eigenvalue weighted by Gasteiger charge is 2.16. The summed E-state index contributed by atoms with van der Waals surface area (Å²) < 4.78 is 5.80. The molecule has 162 valence electrons. The Morgan fingerprint density at radius 3 is 2.81 bits per heavy atom. The van der Waals surface area contributed by atoms with E-state index in [1.807, 2.05) is 30.3 Å². The minimum absolute atomic E-state index is 0.00175. The maximum atomic E-state index is 11.1. The summed E-state index contributed by atoms with van der Waals surface area (Å²) in [5.41, 5.74) is 1.81. The van der Waals surface area contributed by atoms with Crippen LogP contribution in [-0.2, 0) is 11.3 Å². The van der Waals surface area contributed by atoms with Gasteiger partial charge in [-0.25, -0.2) is 0 Å². The molecule has 0 saturated carbocycles. The normalized spacial score (nSPS) is 12.2. The summed E-state index contributed by atoms with van der Waals surface area (Å²) in [5, 5.41) is 36.5. The number of carboxylic acids is 1. The van der Waals surface area contributed by atoms with Crippen LogP contribution in [0.2, 0.25) is 0 Å². The van der Waals surface area contributed by atoms with E-state index in [0.29, 0.717) is 41.4 Å². The molecule has 2 aromatic heterocycles. The number of para-hydroxylation sites is 1. The van der Waals surface area contributed by atoms with Crippen molar-refractivity contribution in [3.8, 4) is 11.5 Å². The summed E-state index contributed by atoms with van der Waals surface area (Å²) in [6.07, 6.45) is 5.41. The molecule has 10 heteroatoms. The number of tetrazole rings is 1. The molecule has 0 spiro atoms. The summed E-state index contributed by atoms with van der Waals surface area (Å²) in [7, 11) is 0. The van der Waals surface area contributed by atoms with Gasteiger partial charge >= 0.3 is 5.97 Å². The Bertz CT molecular complexity index is 1010. The zero-order valence-electron chi connectivity index (χ0n) is 17.0. The van der Waals surface area contributed by atoms with E-state index in [2.05, 4.69) is 30.9 Å². The number of nitrogens with one attached hydrogen (secondary N) is 2. The van der Waals surface area contributed by atoms with Crippen LogP contribution in [0.1, 0.15) is 35.5 Å². The topological polar surface area (TPSA) is 146 Å². The number of H-pyrrole nitrogens is 1. The fourth-order valence-corrected chi connectivity index (χ4v) is 2.90. The molecule has 0 fully saturated rings. The molecule has 0 amide bonds. The van der Waals surface area contributed by atoms with Crippen LogP contribution >= 0.6 is 0 Å². The van der Waals surface area contributed by atoms with Crippen molar-refractivity contribution in [2.75, 3.05) is 6.61 Å². The maximum Gasteiger partial charge on any atom is 0.303 e. The van der Waals surface area contributed by atoms with E-state index in [4.69, 9.17) is 9.84 Å². The maximum absolute atomic E-state index is 11.1. The van der Waals surface area contributed by atoms with Gasteiger partial charge in [-0.2, -0.15) is 5.21 Å². The molecule has 2 heterocycles. The number of ether oxygens (including phenoxy) is 1. The number of nitrogens with zero attached hydrogens (tertiary/aromatic N) is 4. The lowest BCUT2D eigenvalue weighted by atomic mass is 10.1. The Balaban J connectivity index is 1.72. The van der Waals surface area contributed by atoms with Gasteiger partial charge in [-0.15, -0.1) is 10.2 Å². The van der Waals surface area contributed by atoms with Crippen LogP contribution in [0.25, 0.3) is 12.2 Å². The summed E-state index contributed by atoms with van der Waals surface area (Å²) in [6, 6.07) is 9.08. The fourth-order valence-electron chi connectivity index (χ4n) is 2.90. The van der Waals surface area contributed by atoms with E-state index in [0.717, 1.165) is 0 Å². The first-order valence-electron chi connectivity index (χ1n) is 9.75. The molecule has 1 aromatic carbocycles. The molecular formula is C21H24N6O4. The minimum Gasteiger partial charge on any atom is -0.506 e. The van der Waals surface area contributed by atoms with Crippen molar-refractivity contribution in [1.82, 2.24) is 30.9 Å². The Labute approximate surface area is 179 Å². The first-order valence-corrected chi connectivity index (χ1v) is 9.75. The van der Waals surface area contributed by atoms with Crippen LogP contribution in [0.4, 0.5) is 0 Å². The Kier molecular flexibility index (Phi) is 7.66. The van der Waals surface area contributed by atoms with Gasteiger partial charge in [0.1, 0.15) is 18.1 Å². The largest absolute Gasteiger partial charge is 0.506 e. The van der Waals surface area contributed by atoms with Crippen LogP contribution in [0, 0.1) is 6.92 Å². The second-order valence-electron chi connectivity index (χ2n) is 6.86. The lowest BCUT2D eigenvalue weighted by molar-refractivity contribution is -0.137. The zero-order valence-corrected chi connectivity index (χ0v) is 17.0. The van der Waals surface area contributed by atoms with Crippen LogP contribution in [0.5, 0.6) is 11.5 Å². The molecule has 0 saturated heterocycles. The van der Waals surface area contributed by atoms with E-state index >= 15 is 0 Å². The number of carbonyl (C=O) groups is 1. The summed E-state index contributed by atoms with van der Waals surface area (Å²) in [6.45, 7) is 2.30. The van der Waals surface area contributed by atoms with Gasteiger partial charge < -0.3 is 20.3 Å². The summed E-state index contributed by atoms with van der Waals surface area (Å²) >= 11 is 0. The van der Waals surface area contributed by atoms with Crippen LogP contribution in [0.3, 0.4) is 0 Å². The van der Waals surface area contributed by atoms with Crippen molar-refractivity contribution >= 4 is 18.1 Å². The third kappa shape index (κ3) is 6.61. The Morgan fingerprint density at radius 1 is 1.29 bits per heavy atom. The lowest BCUT2D eigenvalue weighted by Crippen LogP contribution is -2.35. The molecule has 3 aromatic rings. The van der Waals surface area contributed by atoms with E-state index in [1.165, 1.54) is 0 Å². The van der Waals surface area contributed by atoms with Crippen molar-refractivity contribution in [3.05, 3.63) is 59.2 Å². The van der Waals surface area contributed by atoms with Gasteiger partial charge in [-0.05, 0) is 42.8 Å². The first kappa shape index (κ1) is 21.9. The molecule has 0 aliphatic heterocycles. The highest BCUT2D eigenvalue weighted by molar-refractivity contribution is 5.69. The minimum atomic E-state index is -0.877. The first-order chi connectivity index (χ1) is 15.0. The van der Waals surface area contributed by atoms with E-state index in [9.17, 15) is 9.90 Å². The predicted molar refractivity (Wildman–Crippen MR) is 113 cm³/mol. The van der Waals surface area contributed by atoms with Crippen molar-refractivity contribution in [2.24, 2.45) is 0 Å². The van der Waals surface area contributed by atoms with Crippen LogP contribution in [0.15, 0.2) is 36.5 Å². The molecule has 0 aliphatic carbocycles.